The van der Waals surface area contributed by atoms with Crippen molar-refractivity contribution < 1.29 is 9.59 Å². The summed E-state index contributed by atoms with van der Waals surface area (Å²) in [5.41, 5.74) is 2.90. The van der Waals surface area contributed by atoms with Gasteiger partial charge in [-0.1, -0.05) is 96.9 Å². The molecular weight excluding hydrogens is 467 g/mol. The molecule has 0 aliphatic rings. The van der Waals surface area contributed by atoms with Crippen LogP contribution in [0.5, 0.6) is 0 Å². The van der Waals surface area contributed by atoms with Crippen LogP contribution in [-0.4, -0.2) is 29.3 Å². The van der Waals surface area contributed by atoms with Crippen LogP contribution in [0.25, 0.3) is 0 Å². The van der Waals surface area contributed by atoms with Crippen LogP contribution in [0.15, 0.2) is 78.9 Å². The summed E-state index contributed by atoms with van der Waals surface area (Å²) in [5.74, 6) is -0.235. The van der Waals surface area contributed by atoms with Gasteiger partial charge in [0.15, 0.2) is 0 Å². The van der Waals surface area contributed by atoms with Crippen LogP contribution in [0.2, 0.25) is 10.0 Å². The van der Waals surface area contributed by atoms with Gasteiger partial charge in [0.1, 0.15) is 6.04 Å². The van der Waals surface area contributed by atoms with Crippen molar-refractivity contribution in [2.45, 2.75) is 45.2 Å². The van der Waals surface area contributed by atoms with E-state index in [0.717, 1.165) is 23.1 Å². The smallest absolute Gasteiger partial charge is 0.243 e. The number of aryl methyl sites for hydroxylation is 1. The predicted octanol–water partition coefficient (Wildman–Crippen LogP) is 6.09. The van der Waals surface area contributed by atoms with Crippen LogP contribution in [0.4, 0.5) is 0 Å². The monoisotopic (exact) mass is 496 g/mol. The molecule has 1 atom stereocenters. The third-order valence-corrected chi connectivity index (χ3v) is 6.37. The van der Waals surface area contributed by atoms with E-state index in [4.69, 9.17) is 23.2 Å². The summed E-state index contributed by atoms with van der Waals surface area (Å²) in [6, 6.07) is 24.3. The Morgan fingerprint density at radius 2 is 1.50 bits per heavy atom. The third-order valence-electron chi connectivity index (χ3n) is 5.63. The van der Waals surface area contributed by atoms with Crippen LogP contribution in [-0.2, 0) is 29.0 Å². The first-order valence-electron chi connectivity index (χ1n) is 11.6. The molecule has 0 unspecified atom stereocenters. The summed E-state index contributed by atoms with van der Waals surface area (Å²) in [6.45, 7) is 2.83. The molecule has 0 saturated carbocycles. The highest BCUT2D eigenvalue weighted by Gasteiger charge is 2.30. The lowest BCUT2D eigenvalue weighted by Crippen LogP contribution is -2.50. The summed E-state index contributed by atoms with van der Waals surface area (Å²) in [7, 11) is 0. The lowest BCUT2D eigenvalue weighted by atomic mass is 10.0. The number of amides is 2. The van der Waals surface area contributed by atoms with Crippen molar-refractivity contribution in [1.29, 1.82) is 0 Å². The molecule has 0 radical (unpaired) electrons. The zero-order valence-electron chi connectivity index (χ0n) is 19.3. The molecule has 0 heterocycles. The van der Waals surface area contributed by atoms with Gasteiger partial charge in [0.25, 0.3) is 0 Å². The Bertz CT molecular complexity index is 1070. The van der Waals surface area contributed by atoms with Crippen molar-refractivity contribution in [2.24, 2.45) is 0 Å². The average molecular weight is 497 g/mol. The molecule has 34 heavy (non-hydrogen) atoms. The van der Waals surface area contributed by atoms with Gasteiger partial charge < -0.3 is 10.2 Å². The van der Waals surface area contributed by atoms with E-state index in [2.05, 4.69) is 5.32 Å². The molecule has 1 N–H and O–H groups in total. The molecule has 6 heteroatoms. The fraction of sp³-hybridized carbons (Fsp3) is 0.286. The van der Waals surface area contributed by atoms with Crippen molar-refractivity contribution in [1.82, 2.24) is 10.2 Å². The molecular formula is C28H30Cl2N2O2. The number of halogens is 2. The van der Waals surface area contributed by atoms with Gasteiger partial charge in [-0.3, -0.25) is 9.59 Å². The molecule has 4 nitrogen and oxygen atoms in total. The van der Waals surface area contributed by atoms with Gasteiger partial charge >= 0.3 is 0 Å². The average Bonchev–Trinajstić information content (AvgIpc) is 2.86. The minimum atomic E-state index is -0.647. The Labute approximate surface area is 211 Å². The van der Waals surface area contributed by atoms with Crippen molar-refractivity contribution >= 4 is 35.0 Å². The Kier molecular flexibility index (Phi) is 9.99. The minimum absolute atomic E-state index is 0.0810. The first-order chi connectivity index (χ1) is 16.5. The number of carbonyl (C=O) groups is 2. The Morgan fingerprint density at radius 3 is 2.12 bits per heavy atom. The highest BCUT2D eigenvalue weighted by atomic mass is 35.5. The van der Waals surface area contributed by atoms with Crippen LogP contribution in [0.3, 0.4) is 0 Å². The fourth-order valence-corrected chi connectivity index (χ4v) is 4.11. The van der Waals surface area contributed by atoms with Crippen molar-refractivity contribution in [3.8, 4) is 0 Å². The molecule has 0 bridgehead atoms. The molecule has 0 aromatic heterocycles. The maximum atomic E-state index is 13.6. The van der Waals surface area contributed by atoms with Gasteiger partial charge in [-0.15, -0.1) is 0 Å². The topological polar surface area (TPSA) is 49.4 Å². The predicted molar refractivity (Wildman–Crippen MR) is 139 cm³/mol. The van der Waals surface area contributed by atoms with Crippen LogP contribution < -0.4 is 5.32 Å². The minimum Gasteiger partial charge on any atom is -0.354 e. The summed E-state index contributed by atoms with van der Waals surface area (Å²) >= 11 is 12.3. The second-order valence-corrected chi connectivity index (χ2v) is 9.07. The van der Waals surface area contributed by atoms with Gasteiger partial charge in [0.2, 0.25) is 11.8 Å². The van der Waals surface area contributed by atoms with Crippen LogP contribution >= 0.6 is 23.2 Å². The Morgan fingerprint density at radius 1 is 0.853 bits per heavy atom. The normalized spacial score (nSPS) is 11.6. The van der Waals surface area contributed by atoms with E-state index < -0.39 is 6.04 Å². The molecule has 3 aromatic carbocycles. The van der Waals surface area contributed by atoms with E-state index in [0.29, 0.717) is 35.9 Å². The number of nitrogens with one attached hydrogen (secondary N) is 1. The SMILES string of the molecule is CCCNC(=O)[C@H](Cc1ccccc1)N(Cc1ccc(Cl)c(Cl)c1)C(=O)CCc1ccccc1. The second kappa shape index (κ2) is 13.2. The number of carbonyl (C=O) groups excluding carboxylic acids is 2. The van der Waals surface area contributed by atoms with Crippen molar-refractivity contribution in [3.05, 3.63) is 106 Å². The zero-order valence-corrected chi connectivity index (χ0v) is 20.9. The molecule has 0 spiro atoms. The molecule has 3 aromatic rings. The largest absolute Gasteiger partial charge is 0.354 e. The highest BCUT2D eigenvalue weighted by Crippen LogP contribution is 2.24. The maximum Gasteiger partial charge on any atom is 0.243 e. The summed E-state index contributed by atoms with van der Waals surface area (Å²) in [5, 5.41) is 3.86. The molecule has 178 valence electrons. The van der Waals surface area contributed by atoms with Crippen molar-refractivity contribution in [3.63, 3.8) is 0 Å². The molecule has 0 fully saturated rings. The molecule has 3 rings (SSSR count). The number of nitrogens with zero attached hydrogens (tertiary/aromatic N) is 1. The van der Waals surface area contributed by atoms with Gasteiger partial charge in [-0.2, -0.15) is 0 Å². The summed E-state index contributed by atoms with van der Waals surface area (Å²) in [6.07, 6.45) is 2.15. The van der Waals surface area contributed by atoms with Gasteiger partial charge in [0.05, 0.1) is 10.0 Å². The van der Waals surface area contributed by atoms with Crippen LogP contribution in [0.1, 0.15) is 36.5 Å². The summed E-state index contributed by atoms with van der Waals surface area (Å²) < 4.78 is 0. The Balaban J connectivity index is 1.90. The Hall–Kier alpha value is -2.82. The van der Waals surface area contributed by atoms with Gasteiger partial charge in [0, 0.05) is 25.9 Å². The molecule has 0 saturated heterocycles. The zero-order chi connectivity index (χ0) is 24.3. The van der Waals surface area contributed by atoms with E-state index in [1.54, 1.807) is 17.0 Å². The van der Waals surface area contributed by atoms with E-state index in [9.17, 15) is 9.59 Å². The van der Waals surface area contributed by atoms with E-state index in [1.165, 1.54) is 0 Å². The molecule has 0 aliphatic carbocycles. The van der Waals surface area contributed by atoms with Crippen LogP contribution in [0, 0.1) is 0 Å². The molecule has 0 aliphatic heterocycles. The van der Waals surface area contributed by atoms with Crippen molar-refractivity contribution in [2.75, 3.05) is 6.54 Å². The summed E-state index contributed by atoms with van der Waals surface area (Å²) in [4.78, 5) is 28.5. The third kappa shape index (κ3) is 7.61. The quantitative estimate of drug-likeness (QED) is 0.349. The first-order valence-corrected chi connectivity index (χ1v) is 12.3. The maximum absolute atomic E-state index is 13.6. The van der Waals surface area contributed by atoms with E-state index in [1.807, 2.05) is 73.7 Å². The number of hydrogen-bond donors (Lipinski definition) is 1. The fourth-order valence-electron chi connectivity index (χ4n) is 3.79. The standard InChI is InChI=1S/C28H30Cl2N2O2/c1-2-17-31-28(34)26(19-22-11-7-4-8-12-22)32(20-23-13-15-24(29)25(30)18-23)27(33)16-14-21-9-5-3-6-10-21/h3-13,15,18,26H,2,14,16-17,19-20H2,1H3,(H,31,34)/t26-/m0/s1. The van der Waals surface area contributed by atoms with E-state index >= 15 is 0 Å². The van der Waals surface area contributed by atoms with E-state index in [-0.39, 0.29) is 18.4 Å². The molecule has 2 amide bonds. The number of benzene rings is 3. The number of rotatable bonds is 11. The number of hydrogen-bond acceptors (Lipinski definition) is 2. The highest BCUT2D eigenvalue weighted by molar-refractivity contribution is 6.42. The second-order valence-electron chi connectivity index (χ2n) is 8.25. The first kappa shape index (κ1) is 25.8. The lowest BCUT2D eigenvalue weighted by Gasteiger charge is -2.32. The van der Waals surface area contributed by atoms with Gasteiger partial charge in [-0.05, 0) is 41.7 Å². The van der Waals surface area contributed by atoms with Gasteiger partial charge in [-0.25, -0.2) is 0 Å². The lowest BCUT2D eigenvalue weighted by molar-refractivity contribution is -0.141.